The van der Waals surface area contributed by atoms with Crippen molar-refractivity contribution in [2.75, 3.05) is 0 Å². The van der Waals surface area contributed by atoms with Crippen molar-refractivity contribution in [2.45, 2.75) is 0 Å². The molecule has 0 unspecified atom stereocenters. The molecule has 0 radical (unpaired) electrons. The monoisotopic (exact) mass is 321 g/mol. The number of hydrogen-bond acceptors (Lipinski definition) is 3. The van der Waals surface area contributed by atoms with E-state index in [4.69, 9.17) is 6.57 Å². The Labute approximate surface area is 143 Å². The van der Waals surface area contributed by atoms with Gasteiger partial charge in [-0.15, -0.1) is 5.10 Å². The molecular formula is C20H11N5. The average Bonchev–Trinajstić information content (AvgIpc) is 3.21. The maximum absolute atomic E-state index is 9.52. The average molecular weight is 321 g/mol. The Hall–Kier alpha value is -3.96. The zero-order valence-electron chi connectivity index (χ0n) is 13.1. The minimum Gasteiger partial charge on any atom is -0.234 e. The molecule has 4 aromatic rings. The van der Waals surface area contributed by atoms with E-state index in [9.17, 15) is 5.26 Å². The summed E-state index contributed by atoms with van der Waals surface area (Å²) in [5.41, 5.74) is 2.74. The summed E-state index contributed by atoms with van der Waals surface area (Å²) in [6, 6.07) is 21.3. The SMILES string of the molecule is [C-]#[N+]c1c(C#N)c2nc(-c3ccccc3)nn2/c1=C/c1ccccc1. The van der Waals surface area contributed by atoms with Crippen LogP contribution in [-0.2, 0) is 0 Å². The zero-order valence-corrected chi connectivity index (χ0v) is 13.1. The molecule has 0 fully saturated rings. The maximum atomic E-state index is 9.52. The molecule has 2 aromatic heterocycles. The highest BCUT2D eigenvalue weighted by Crippen LogP contribution is 2.23. The molecule has 0 N–H and O–H groups in total. The van der Waals surface area contributed by atoms with E-state index in [-0.39, 0.29) is 11.3 Å². The first-order chi connectivity index (χ1) is 12.3. The van der Waals surface area contributed by atoms with Crippen LogP contribution >= 0.6 is 0 Å². The molecule has 0 amide bonds. The summed E-state index contributed by atoms with van der Waals surface area (Å²) in [6.07, 6.45) is 1.85. The molecule has 0 aliphatic rings. The lowest BCUT2D eigenvalue weighted by Gasteiger charge is -1.94. The van der Waals surface area contributed by atoms with Gasteiger partial charge in [-0.25, -0.2) is 14.3 Å². The van der Waals surface area contributed by atoms with Gasteiger partial charge in [0.2, 0.25) is 5.69 Å². The van der Waals surface area contributed by atoms with Gasteiger partial charge in [0.1, 0.15) is 5.56 Å². The fraction of sp³-hybridized carbons (Fsp3) is 0. The quantitative estimate of drug-likeness (QED) is 0.532. The maximum Gasteiger partial charge on any atom is 0.233 e. The third kappa shape index (κ3) is 2.41. The summed E-state index contributed by atoms with van der Waals surface area (Å²) >= 11 is 0. The van der Waals surface area contributed by atoms with E-state index in [0.29, 0.717) is 16.8 Å². The van der Waals surface area contributed by atoms with Crippen LogP contribution in [0.5, 0.6) is 0 Å². The highest BCUT2D eigenvalue weighted by molar-refractivity contribution is 5.76. The van der Waals surface area contributed by atoms with Gasteiger partial charge < -0.3 is 0 Å². The third-order valence-electron chi connectivity index (χ3n) is 3.90. The molecule has 2 heterocycles. The number of nitriles is 1. The van der Waals surface area contributed by atoms with E-state index < -0.39 is 0 Å². The zero-order chi connectivity index (χ0) is 17.2. The van der Waals surface area contributed by atoms with Crippen LogP contribution in [0.3, 0.4) is 0 Å². The second kappa shape index (κ2) is 5.92. The van der Waals surface area contributed by atoms with Crippen LogP contribution in [0.1, 0.15) is 11.1 Å². The minimum atomic E-state index is 0.256. The summed E-state index contributed by atoms with van der Waals surface area (Å²) in [4.78, 5) is 8.04. The Morgan fingerprint density at radius 1 is 1.04 bits per heavy atom. The lowest BCUT2D eigenvalue weighted by Crippen LogP contribution is -2.09. The highest BCUT2D eigenvalue weighted by Gasteiger charge is 2.19. The molecule has 4 rings (SSSR count). The molecule has 2 aromatic carbocycles. The number of aromatic nitrogens is 3. The fourth-order valence-electron chi connectivity index (χ4n) is 2.74. The van der Waals surface area contributed by atoms with Gasteiger partial charge in [-0.05, 0) is 11.6 Å². The predicted octanol–water partition coefficient (Wildman–Crippen LogP) is 3.37. The molecule has 25 heavy (non-hydrogen) atoms. The van der Waals surface area contributed by atoms with Crippen molar-refractivity contribution in [3.05, 3.63) is 88.6 Å². The van der Waals surface area contributed by atoms with Gasteiger partial charge in [-0.2, -0.15) is 5.26 Å². The van der Waals surface area contributed by atoms with Gasteiger partial charge >= 0.3 is 0 Å². The largest absolute Gasteiger partial charge is 0.234 e. The van der Waals surface area contributed by atoms with Crippen LogP contribution in [0.2, 0.25) is 0 Å². The number of rotatable bonds is 2. The van der Waals surface area contributed by atoms with Crippen molar-refractivity contribution in [3.8, 4) is 17.5 Å². The number of nitrogens with zero attached hydrogens (tertiary/aromatic N) is 5. The van der Waals surface area contributed by atoms with Gasteiger partial charge in [-0.1, -0.05) is 60.7 Å². The molecule has 0 aliphatic heterocycles. The van der Waals surface area contributed by atoms with Gasteiger partial charge in [0, 0.05) is 5.56 Å². The Balaban J connectivity index is 2.05. The van der Waals surface area contributed by atoms with E-state index >= 15 is 0 Å². The topological polar surface area (TPSA) is 58.3 Å². The molecule has 0 spiro atoms. The summed E-state index contributed by atoms with van der Waals surface area (Å²) in [5, 5.41) is 14.6. The van der Waals surface area contributed by atoms with Crippen molar-refractivity contribution in [1.29, 1.82) is 5.26 Å². The van der Waals surface area contributed by atoms with Crippen LogP contribution < -0.4 is 5.35 Å². The molecule has 0 aliphatic carbocycles. The van der Waals surface area contributed by atoms with E-state index in [2.05, 4.69) is 21.0 Å². The molecular weight excluding hydrogens is 310 g/mol. The minimum absolute atomic E-state index is 0.256. The van der Waals surface area contributed by atoms with Crippen LogP contribution in [0.4, 0.5) is 5.69 Å². The predicted molar refractivity (Wildman–Crippen MR) is 94.6 cm³/mol. The molecule has 0 atom stereocenters. The second-order valence-corrected chi connectivity index (χ2v) is 5.42. The van der Waals surface area contributed by atoms with Crippen molar-refractivity contribution >= 4 is 17.4 Å². The van der Waals surface area contributed by atoms with Crippen molar-refractivity contribution in [2.24, 2.45) is 0 Å². The number of hydrogen-bond donors (Lipinski definition) is 0. The third-order valence-corrected chi connectivity index (χ3v) is 3.90. The first-order valence-corrected chi connectivity index (χ1v) is 7.64. The Morgan fingerprint density at radius 2 is 1.72 bits per heavy atom. The lowest BCUT2D eigenvalue weighted by atomic mass is 10.2. The summed E-state index contributed by atoms with van der Waals surface area (Å²) < 4.78 is 1.58. The fourth-order valence-corrected chi connectivity index (χ4v) is 2.74. The first-order valence-electron chi connectivity index (χ1n) is 7.64. The van der Waals surface area contributed by atoms with E-state index in [1.54, 1.807) is 4.52 Å². The second-order valence-electron chi connectivity index (χ2n) is 5.42. The van der Waals surface area contributed by atoms with Gasteiger partial charge in [0.25, 0.3) is 0 Å². The van der Waals surface area contributed by atoms with E-state index in [1.807, 2.05) is 66.7 Å². The molecule has 0 saturated heterocycles. The van der Waals surface area contributed by atoms with Crippen molar-refractivity contribution < 1.29 is 0 Å². The van der Waals surface area contributed by atoms with Crippen molar-refractivity contribution in [1.82, 2.24) is 14.6 Å². The van der Waals surface area contributed by atoms with Crippen LogP contribution in [0.15, 0.2) is 60.7 Å². The standard InChI is InChI=1S/C20H11N5/c1-22-18-16(13-21)20-23-19(15-10-6-3-7-11-15)24-25(20)17(18)12-14-8-4-2-5-9-14/h2-12H/b17-12+. The Morgan fingerprint density at radius 3 is 2.36 bits per heavy atom. The van der Waals surface area contributed by atoms with Crippen LogP contribution in [-0.4, -0.2) is 14.6 Å². The lowest BCUT2D eigenvalue weighted by molar-refractivity contribution is 0.950. The molecule has 116 valence electrons. The Bertz CT molecular complexity index is 1190. The highest BCUT2D eigenvalue weighted by atomic mass is 15.3. The van der Waals surface area contributed by atoms with Crippen LogP contribution in [0.25, 0.3) is 28.0 Å². The van der Waals surface area contributed by atoms with Gasteiger partial charge in [-0.3, -0.25) is 0 Å². The van der Waals surface area contributed by atoms with Gasteiger partial charge in [0.15, 0.2) is 11.5 Å². The molecule has 5 nitrogen and oxygen atoms in total. The Kier molecular flexibility index (Phi) is 3.46. The molecule has 5 heteroatoms. The van der Waals surface area contributed by atoms with E-state index in [0.717, 1.165) is 11.1 Å². The summed E-state index contributed by atoms with van der Waals surface area (Å²) in [7, 11) is 0. The first kappa shape index (κ1) is 14.6. The summed E-state index contributed by atoms with van der Waals surface area (Å²) in [5.74, 6) is 0.534. The molecule has 0 saturated carbocycles. The van der Waals surface area contributed by atoms with Crippen LogP contribution in [0, 0.1) is 17.9 Å². The van der Waals surface area contributed by atoms with Crippen molar-refractivity contribution in [3.63, 3.8) is 0 Å². The molecule has 0 bridgehead atoms. The summed E-state index contributed by atoms with van der Waals surface area (Å²) in [6.45, 7) is 7.47. The van der Waals surface area contributed by atoms with E-state index in [1.165, 1.54) is 0 Å². The normalized spacial score (nSPS) is 11.4. The van der Waals surface area contributed by atoms with Gasteiger partial charge in [0.05, 0.1) is 18.0 Å². The smallest absolute Gasteiger partial charge is 0.233 e. The number of fused-ring (bicyclic) bond motifs is 1. The number of benzene rings is 2.